The molecule has 3 aromatic carbocycles. The fraction of sp³-hybridized carbons (Fsp3) is 0.615. The molecule has 1 heterocycles. The van der Waals surface area contributed by atoms with Crippen LogP contribution in [0.4, 0.5) is 11.4 Å². The minimum atomic E-state index is -1.61. The molecule has 1 aliphatic heterocycles. The number of nitrogens with zero attached hydrogens (tertiary/aromatic N) is 2. The van der Waals surface area contributed by atoms with E-state index in [1.54, 1.807) is 96.3 Å². The number of hydrogen-bond donors (Lipinski definition) is 0. The van der Waals surface area contributed by atoms with Crippen molar-refractivity contribution < 1.29 is 13.5 Å². The van der Waals surface area contributed by atoms with Crippen molar-refractivity contribution in [1.82, 2.24) is 0 Å². The van der Waals surface area contributed by atoms with Gasteiger partial charge in [0.15, 0.2) is 0 Å². The molecule has 0 atom stereocenters. The number of anilines is 2. The van der Waals surface area contributed by atoms with E-state index in [0.29, 0.717) is 23.7 Å². The number of halogens is 2. The maximum absolute atomic E-state index is 5.67. The quantitative estimate of drug-likeness (QED) is 0.114. The molecule has 0 radical (unpaired) electrons. The predicted molar refractivity (Wildman–Crippen MR) is 260 cm³/mol. The van der Waals surface area contributed by atoms with Crippen molar-refractivity contribution in [3.63, 3.8) is 0 Å². The van der Waals surface area contributed by atoms with Crippen molar-refractivity contribution in [2.75, 3.05) is 22.9 Å². The molecule has 4 aliphatic rings. The topological polar surface area (TPSA) is 6.48 Å². The van der Waals surface area contributed by atoms with E-state index in [9.17, 15) is 0 Å². The third-order valence-corrected chi connectivity index (χ3v) is 19.8. The molecule has 6 heteroatoms. The summed E-state index contributed by atoms with van der Waals surface area (Å²) in [6.07, 6.45) is 23.8. The van der Waals surface area contributed by atoms with E-state index >= 15 is 0 Å². The second-order valence-corrected chi connectivity index (χ2v) is 28.1. The van der Waals surface area contributed by atoms with Gasteiger partial charge in [-0.15, -0.1) is 0 Å². The van der Waals surface area contributed by atoms with Crippen molar-refractivity contribution >= 4 is 43.3 Å². The fourth-order valence-corrected chi connectivity index (χ4v) is 17.5. The minimum absolute atomic E-state index is 0.0465. The molecule has 0 bridgehead atoms. The van der Waals surface area contributed by atoms with Gasteiger partial charge in [0.05, 0.1) is 17.0 Å². The second kappa shape index (κ2) is 24.4. The first kappa shape index (κ1) is 47.8. The molecule has 324 valence electrons. The molecule has 3 aliphatic carbocycles. The Morgan fingerprint density at radius 3 is 1.12 bits per heavy atom. The first-order chi connectivity index (χ1) is 28.0. The Labute approximate surface area is 370 Å². The zero-order chi connectivity index (χ0) is 41.6. The summed E-state index contributed by atoms with van der Waals surface area (Å²) in [5.41, 5.74) is 13.5. The summed E-state index contributed by atoms with van der Waals surface area (Å²) in [5.74, 6) is 2.06. The van der Waals surface area contributed by atoms with Gasteiger partial charge in [-0.2, -0.15) is 6.67 Å². The van der Waals surface area contributed by atoms with Gasteiger partial charge in [-0.05, 0) is 123 Å². The van der Waals surface area contributed by atoms with Crippen molar-refractivity contribution in [3.8, 4) is 0 Å². The normalized spacial score (nSPS) is 18.8. The van der Waals surface area contributed by atoms with E-state index in [1.165, 1.54) is 50.6 Å². The number of para-hydroxylation sites is 2. The van der Waals surface area contributed by atoms with Crippen molar-refractivity contribution in [2.24, 2.45) is 0 Å². The fourth-order valence-electron chi connectivity index (χ4n) is 10.4. The van der Waals surface area contributed by atoms with E-state index in [0.717, 1.165) is 18.7 Å². The molecule has 1 saturated heterocycles. The van der Waals surface area contributed by atoms with Crippen molar-refractivity contribution in [1.29, 1.82) is 0 Å². The monoisotopic (exact) mass is 934 g/mol. The van der Waals surface area contributed by atoms with Crippen LogP contribution in [-0.4, -0.2) is 34.7 Å². The van der Waals surface area contributed by atoms with Gasteiger partial charge in [-0.25, -0.2) is 0 Å². The van der Waals surface area contributed by atoms with Gasteiger partial charge < -0.3 is 9.80 Å². The van der Waals surface area contributed by atoms with Crippen LogP contribution in [0.25, 0.3) is 0 Å². The van der Waals surface area contributed by atoms with Crippen LogP contribution >= 0.6 is 27.3 Å². The number of rotatable bonds is 10. The van der Waals surface area contributed by atoms with E-state index in [1.807, 2.05) is 34.9 Å². The Balaban J connectivity index is 0.000000188. The molecule has 0 N–H and O–H groups in total. The molecule has 0 amide bonds. The Morgan fingerprint density at radius 2 is 0.828 bits per heavy atom. The summed E-state index contributed by atoms with van der Waals surface area (Å²) in [4.78, 5) is 5.01. The Morgan fingerprint density at radius 1 is 0.500 bits per heavy atom. The molecule has 0 aromatic heterocycles. The zero-order valence-electron chi connectivity index (χ0n) is 37.6. The number of hydrogen-bond acceptors (Lipinski definition) is 2. The predicted octanol–water partition coefficient (Wildman–Crippen LogP) is 16.6. The van der Waals surface area contributed by atoms with Crippen LogP contribution in [0.2, 0.25) is 0 Å². The van der Waals surface area contributed by atoms with Crippen molar-refractivity contribution in [3.05, 3.63) is 101 Å². The standard InChI is InChI=1S/C27H39N2.C18H33P.C7H6.2ClH.Ru/c1-18(2)22-11-9-12-23(19(3)4)26(22)28-15-16-29(17-28)27-24(20(5)6)13-10-14-25(27)21(7)8;1-4-10-16(11-5-1)19(17-12-6-2-7-13-17)18-14-8-3-9-15-18;1-7-5-3-2-4-6-7;;;/h9-14,17-21H,15-16H2,1-8H3;16-18H,1-15H2;1-6H;2*1H;/q-1;;;;;+2/p-1. The van der Waals surface area contributed by atoms with Crippen LogP contribution in [0, 0.1) is 6.67 Å². The molecule has 3 saturated carbocycles. The van der Waals surface area contributed by atoms with Crippen LogP contribution < -0.4 is 9.80 Å². The van der Waals surface area contributed by atoms with Gasteiger partial charge in [0.2, 0.25) is 0 Å². The zero-order valence-corrected chi connectivity index (χ0v) is 41.8. The Hall–Kier alpha value is -1.24. The van der Waals surface area contributed by atoms with Crippen LogP contribution in [0.15, 0.2) is 66.7 Å². The van der Waals surface area contributed by atoms with Gasteiger partial charge in [-0.1, -0.05) is 111 Å². The summed E-state index contributed by atoms with van der Waals surface area (Å²) < 4.78 is 1.92. The third-order valence-electron chi connectivity index (χ3n) is 13.3. The molecule has 7 rings (SSSR count). The van der Waals surface area contributed by atoms with Gasteiger partial charge in [0, 0.05) is 32.4 Å². The molecule has 2 nitrogen and oxygen atoms in total. The maximum atomic E-state index is 5.67. The number of benzene rings is 3. The average molecular weight is 935 g/mol. The van der Waals surface area contributed by atoms with Gasteiger partial charge in [0.1, 0.15) is 0 Å². The summed E-state index contributed by atoms with van der Waals surface area (Å²) in [6.45, 7) is 22.9. The summed E-state index contributed by atoms with van der Waals surface area (Å²) >= 11 is -1.61. The average Bonchev–Trinajstić information content (AvgIpc) is 3.72. The third kappa shape index (κ3) is 13.6. The summed E-state index contributed by atoms with van der Waals surface area (Å²) in [5, 5.41) is 0. The van der Waals surface area contributed by atoms with Crippen LogP contribution in [0.5, 0.6) is 0 Å². The Bertz CT molecular complexity index is 1500. The van der Waals surface area contributed by atoms with Crippen molar-refractivity contribution in [2.45, 2.75) is 192 Å². The summed E-state index contributed by atoms with van der Waals surface area (Å²) in [7, 11) is 11.3. The molecular weight excluding hydrogens is 856 g/mol. The Kier molecular flexibility index (Phi) is 20.1. The van der Waals surface area contributed by atoms with E-state index in [2.05, 4.69) is 108 Å². The molecule has 58 heavy (non-hydrogen) atoms. The van der Waals surface area contributed by atoms with Crippen LogP contribution in [0.3, 0.4) is 0 Å². The van der Waals surface area contributed by atoms with Gasteiger partial charge in [0.25, 0.3) is 0 Å². The van der Waals surface area contributed by atoms with Crippen LogP contribution in [-0.2, 0) is 13.5 Å². The SMILES string of the molecule is C1CCC([PH+](C2CCCCC2)C2CCCCC2)CC1.CC(C)c1cccc(C(C)C)c1N1[CH-]N(c2c(C(C)C)cccc2C(C)C)CC1.[Cl][Ru]([Cl])=[CH]c1ccccc1. The second-order valence-electron chi connectivity index (χ2n) is 18.9. The van der Waals surface area contributed by atoms with E-state index < -0.39 is 13.5 Å². The van der Waals surface area contributed by atoms with Gasteiger partial charge in [-0.3, -0.25) is 0 Å². The molecule has 3 aromatic rings. The first-order valence-electron chi connectivity index (χ1n) is 23.3. The van der Waals surface area contributed by atoms with E-state index in [-0.39, 0.29) is 7.92 Å². The van der Waals surface area contributed by atoms with Gasteiger partial charge >= 0.3 is 73.4 Å². The van der Waals surface area contributed by atoms with Crippen LogP contribution in [0.1, 0.15) is 203 Å². The van der Waals surface area contributed by atoms with E-state index in [4.69, 9.17) is 19.4 Å². The first-order valence-corrected chi connectivity index (χ1v) is 30.6. The molecule has 0 spiro atoms. The molecular formula is C52H79Cl2N2PRu. The molecule has 0 unspecified atom stereocenters. The summed E-state index contributed by atoms with van der Waals surface area (Å²) in [6, 6.07) is 23.6. The molecule has 4 fully saturated rings.